The molecule has 2 aromatic rings. The van der Waals surface area contributed by atoms with E-state index >= 15 is 0 Å². The van der Waals surface area contributed by atoms with Crippen molar-refractivity contribution < 1.29 is 14.3 Å². The fraction of sp³-hybridized carbons (Fsp3) is 0.474. The second-order valence-electron chi connectivity index (χ2n) is 6.78. The van der Waals surface area contributed by atoms with Crippen molar-refractivity contribution >= 4 is 28.5 Å². The van der Waals surface area contributed by atoms with Crippen LogP contribution < -0.4 is 20.3 Å². The van der Waals surface area contributed by atoms with Crippen LogP contribution in [0, 0.1) is 0 Å². The van der Waals surface area contributed by atoms with Gasteiger partial charge in [-0.05, 0) is 37.0 Å². The van der Waals surface area contributed by atoms with Crippen LogP contribution in [0.4, 0.5) is 5.13 Å². The third-order valence-corrected chi connectivity index (χ3v) is 5.40. The molecule has 1 aromatic heterocycles. The molecule has 0 aliphatic carbocycles. The van der Waals surface area contributed by atoms with Crippen molar-refractivity contribution in [3.05, 3.63) is 35.7 Å². The van der Waals surface area contributed by atoms with E-state index in [0.717, 1.165) is 24.2 Å². The van der Waals surface area contributed by atoms with E-state index in [0.29, 0.717) is 30.3 Å². The van der Waals surface area contributed by atoms with Crippen molar-refractivity contribution in [2.45, 2.75) is 31.7 Å². The Morgan fingerprint density at radius 2 is 2.29 bits per heavy atom. The lowest BCUT2D eigenvalue weighted by molar-refractivity contribution is -0.128. The van der Waals surface area contributed by atoms with Crippen LogP contribution in [0.2, 0.25) is 0 Å². The Kier molecular flexibility index (Phi) is 6.80. The van der Waals surface area contributed by atoms with Crippen molar-refractivity contribution in [1.29, 1.82) is 0 Å². The number of hydrogen-bond donors (Lipinski definition) is 2. The molecular weight excluding hydrogens is 378 g/mol. The molecule has 1 aliphatic rings. The van der Waals surface area contributed by atoms with Crippen molar-refractivity contribution in [3.63, 3.8) is 0 Å². The summed E-state index contributed by atoms with van der Waals surface area (Å²) in [5.74, 6) is 1.19. The third-order valence-electron chi connectivity index (χ3n) is 4.53. The van der Waals surface area contributed by atoms with Crippen LogP contribution in [-0.4, -0.2) is 54.5 Å². The number of rotatable bonds is 7. The number of likely N-dealkylation sites (N-methyl/N-ethyl adjacent to an activating group) is 1. The van der Waals surface area contributed by atoms with Crippen LogP contribution >= 0.6 is 11.5 Å². The van der Waals surface area contributed by atoms with Crippen LogP contribution in [0.3, 0.4) is 0 Å². The van der Waals surface area contributed by atoms with Crippen LogP contribution in [0.1, 0.15) is 30.7 Å². The van der Waals surface area contributed by atoms with Gasteiger partial charge in [-0.3, -0.25) is 9.59 Å². The molecule has 0 spiro atoms. The Bertz CT molecular complexity index is 825. The monoisotopic (exact) mass is 403 g/mol. The molecule has 1 atom stereocenters. The first-order chi connectivity index (χ1) is 13.5. The second kappa shape index (κ2) is 9.50. The van der Waals surface area contributed by atoms with Gasteiger partial charge in [-0.15, -0.1) is 0 Å². The van der Waals surface area contributed by atoms with Crippen molar-refractivity contribution in [3.8, 4) is 5.75 Å². The van der Waals surface area contributed by atoms with Gasteiger partial charge in [0.05, 0.1) is 13.7 Å². The lowest BCUT2D eigenvalue weighted by atomic mass is 10.1. The number of anilines is 1. The minimum atomic E-state index is -0.457. The number of carbonyl (C=O) groups is 2. The number of amides is 2. The molecule has 2 heterocycles. The van der Waals surface area contributed by atoms with E-state index in [1.165, 1.54) is 11.5 Å². The summed E-state index contributed by atoms with van der Waals surface area (Å²) in [7, 11) is 3.43. The number of nitrogens with one attached hydrogen (secondary N) is 2. The van der Waals surface area contributed by atoms with E-state index in [9.17, 15) is 9.59 Å². The molecule has 0 radical (unpaired) electrons. The smallest absolute Gasteiger partial charge is 0.242 e. The lowest BCUT2D eigenvalue weighted by Crippen LogP contribution is -2.48. The van der Waals surface area contributed by atoms with Gasteiger partial charge in [-0.1, -0.05) is 12.1 Å². The van der Waals surface area contributed by atoms with E-state index in [2.05, 4.69) is 20.0 Å². The first-order valence-electron chi connectivity index (χ1n) is 9.29. The highest BCUT2D eigenvalue weighted by molar-refractivity contribution is 7.09. The average molecular weight is 404 g/mol. The van der Waals surface area contributed by atoms with Crippen molar-refractivity contribution in [2.75, 3.05) is 32.1 Å². The minimum absolute atomic E-state index is 0.106. The Morgan fingerprint density at radius 3 is 3.11 bits per heavy atom. The van der Waals surface area contributed by atoms with E-state index in [4.69, 9.17) is 4.74 Å². The summed E-state index contributed by atoms with van der Waals surface area (Å²) in [4.78, 5) is 30.6. The number of methoxy groups -OCH3 is 1. The highest BCUT2D eigenvalue weighted by Gasteiger charge is 2.23. The minimum Gasteiger partial charge on any atom is -0.497 e. The maximum atomic E-state index is 12.3. The van der Waals surface area contributed by atoms with E-state index in [1.807, 2.05) is 24.3 Å². The molecule has 0 bridgehead atoms. The van der Waals surface area contributed by atoms with Gasteiger partial charge in [0.2, 0.25) is 16.9 Å². The number of ether oxygens (including phenoxy) is 1. The Balaban J connectivity index is 1.55. The Labute approximate surface area is 168 Å². The van der Waals surface area contributed by atoms with E-state index < -0.39 is 6.04 Å². The maximum absolute atomic E-state index is 12.3. The Hall–Kier alpha value is -2.68. The number of hydrogen-bond acceptors (Lipinski definition) is 7. The van der Waals surface area contributed by atoms with Crippen LogP contribution in [-0.2, 0) is 16.0 Å². The largest absolute Gasteiger partial charge is 0.497 e. The highest BCUT2D eigenvalue weighted by atomic mass is 32.1. The van der Waals surface area contributed by atoms with Crippen LogP contribution in [0.15, 0.2) is 24.3 Å². The molecule has 8 nitrogen and oxygen atoms in total. The quantitative estimate of drug-likeness (QED) is 0.725. The molecule has 9 heteroatoms. The molecule has 1 aromatic carbocycles. The second-order valence-corrected chi connectivity index (χ2v) is 7.51. The zero-order valence-electron chi connectivity index (χ0n) is 16.1. The summed E-state index contributed by atoms with van der Waals surface area (Å²) in [5, 5.41) is 6.31. The fourth-order valence-electron chi connectivity index (χ4n) is 3.04. The predicted octanol–water partition coefficient (Wildman–Crippen LogP) is 1.36. The maximum Gasteiger partial charge on any atom is 0.242 e. The van der Waals surface area contributed by atoms with Crippen LogP contribution in [0.5, 0.6) is 5.75 Å². The summed E-state index contributed by atoms with van der Waals surface area (Å²) < 4.78 is 9.63. The van der Waals surface area contributed by atoms with Gasteiger partial charge in [0.15, 0.2) is 0 Å². The normalized spacial score (nSPS) is 16.8. The zero-order chi connectivity index (χ0) is 19.9. The number of aromatic nitrogens is 2. The fourth-order valence-corrected chi connectivity index (χ4v) is 3.68. The van der Waals surface area contributed by atoms with Crippen molar-refractivity contribution in [2.24, 2.45) is 0 Å². The van der Waals surface area contributed by atoms with Gasteiger partial charge in [0, 0.05) is 31.5 Å². The molecule has 0 saturated carbocycles. The molecule has 3 rings (SSSR count). The van der Waals surface area contributed by atoms with E-state index in [1.54, 1.807) is 19.1 Å². The molecule has 28 heavy (non-hydrogen) atoms. The molecular formula is C19H25N5O3S. The number of benzene rings is 1. The van der Waals surface area contributed by atoms with Gasteiger partial charge in [0.1, 0.15) is 17.6 Å². The average Bonchev–Trinajstić information content (AvgIpc) is 3.06. The molecule has 1 fully saturated rings. The van der Waals surface area contributed by atoms with Gasteiger partial charge in [-0.25, -0.2) is 4.98 Å². The summed E-state index contributed by atoms with van der Waals surface area (Å²) in [6.07, 6.45) is 3.13. The third kappa shape index (κ3) is 5.41. The number of carbonyl (C=O) groups excluding carboxylic acids is 2. The highest BCUT2D eigenvalue weighted by Crippen LogP contribution is 2.19. The standard InChI is InChI=1S/C19H25N5O3S/c1-24(12-17(25)21-15-8-3-4-9-20-18(15)26)19-22-16(23-28-19)11-13-6-5-7-14(10-13)27-2/h5-7,10,15H,3-4,8-9,11-12H2,1-2H3,(H,20,26)(H,21,25). The molecule has 2 N–H and O–H groups in total. The van der Waals surface area contributed by atoms with E-state index in [-0.39, 0.29) is 18.4 Å². The summed E-state index contributed by atoms with van der Waals surface area (Å²) in [6.45, 7) is 0.795. The first-order valence-corrected chi connectivity index (χ1v) is 10.1. The summed E-state index contributed by atoms with van der Waals surface area (Å²) >= 11 is 1.25. The molecule has 150 valence electrons. The number of nitrogens with zero attached hydrogens (tertiary/aromatic N) is 3. The summed E-state index contributed by atoms with van der Waals surface area (Å²) in [6, 6.07) is 7.32. The van der Waals surface area contributed by atoms with Gasteiger partial charge in [-0.2, -0.15) is 4.37 Å². The first kappa shape index (κ1) is 20.1. The van der Waals surface area contributed by atoms with Gasteiger partial charge in [0.25, 0.3) is 0 Å². The van der Waals surface area contributed by atoms with Gasteiger partial charge >= 0.3 is 0 Å². The SMILES string of the molecule is COc1cccc(Cc2nsc(N(C)CC(=O)NC3CCCCNC3=O)n2)c1. The van der Waals surface area contributed by atoms with Crippen molar-refractivity contribution in [1.82, 2.24) is 20.0 Å². The topological polar surface area (TPSA) is 96.5 Å². The Morgan fingerprint density at radius 1 is 1.43 bits per heavy atom. The molecule has 1 unspecified atom stereocenters. The predicted molar refractivity (Wildman–Crippen MR) is 108 cm³/mol. The lowest BCUT2D eigenvalue weighted by Gasteiger charge is -2.18. The summed E-state index contributed by atoms with van der Waals surface area (Å²) in [5.41, 5.74) is 1.06. The molecule has 1 saturated heterocycles. The van der Waals surface area contributed by atoms with Gasteiger partial charge < -0.3 is 20.3 Å². The molecule has 1 aliphatic heterocycles. The van der Waals surface area contributed by atoms with Crippen LogP contribution in [0.25, 0.3) is 0 Å². The molecule has 2 amide bonds. The zero-order valence-corrected chi connectivity index (χ0v) is 16.9.